The SMILES string of the molecule is Cc1cccc(Nc2nc(O)c(/C=C3/C=Nc4ccccc43)s2)c1C. The summed E-state index contributed by atoms with van der Waals surface area (Å²) in [7, 11) is 0. The molecule has 0 spiro atoms. The van der Waals surface area contributed by atoms with Gasteiger partial charge in [-0.1, -0.05) is 41.7 Å². The maximum atomic E-state index is 10.2. The minimum Gasteiger partial charge on any atom is -0.492 e. The molecule has 5 heteroatoms. The summed E-state index contributed by atoms with van der Waals surface area (Å²) >= 11 is 1.42. The molecule has 0 radical (unpaired) electrons. The van der Waals surface area contributed by atoms with Gasteiger partial charge in [-0.05, 0) is 43.2 Å². The van der Waals surface area contributed by atoms with Crippen molar-refractivity contribution in [3.63, 3.8) is 0 Å². The highest BCUT2D eigenvalue weighted by atomic mass is 32.1. The normalized spacial score (nSPS) is 14.1. The van der Waals surface area contributed by atoms with Crippen molar-refractivity contribution in [1.82, 2.24) is 4.98 Å². The lowest BCUT2D eigenvalue weighted by molar-refractivity contribution is 0.457. The van der Waals surface area contributed by atoms with Crippen LogP contribution >= 0.6 is 11.3 Å². The Bertz CT molecular complexity index is 1020. The van der Waals surface area contributed by atoms with E-state index in [0.29, 0.717) is 10.0 Å². The van der Waals surface area contributed by atoms with E-state index in [2.05, 4.69) is 35.2 Å². The fraction of sp³-hybridized carbons (Fsp3) is 0.100. The van der Waals surface area contributed by atoms with E-state index < -0.39 is 0 Å². The van der Waals surface area contributed by atoms with Gasteiger partial charge in [0.25, 0.3) is 0 Å². The number of anilines is 2. The number of aliphatic imine (C=N–C) groups is 1. The number of benzene rings is 2. The third-order valence-electron chi connectivity index (χ3n) is 4.33. The average Bonchev–Trinajstić information content (AvgIpc) is 3.16. The molecule has 4 nitrogen and oxygen atoms in total. The summed E-state index contributed by atoms with van der Waals surface area (Å²) in [5.74, 6) is 0.0306. The van der Waals surface area contributed by atoms with Gasteiger partial charge in [-0.15, -0.1) is 0 Å². The molecule has 2 aromatic carbocycles. The van der Waals surface area contributed by atoms with Crippen molar-refractivity contribution in [3.8, 4) is 5.88 Å². The zero-order valence-corrected chi connectivity index (χ0v) is 14.8. The lowest BCUT2D eigenvalue weighted by Gasteiger charge is -2.08. The van der Waals surface area contributed by atoms with Gasteiger partial charge in [-0.25, -0.2) is 0 Å². The topological polar surface area (TPSA) is 57.5 Å². The van der Waals surface area contributed by atoms with Crippen molar-refractivity contribution in [3.05, 3.63) is 64.0 Å². The predicted octanol–water partition coefficient (Wildman–Crippen LogP) is 5.47. The number of nitrogens with one attached hydrogen (secondary N) is 1. The Morgan fingerprint density at radius 2 is 1.92 bits per heavy atom. The standard InChI is InChI=1S/C20H17N3OS/c1-12-6-5-9-16(13(12)2)22-20-23-19(24)18(25-20)10-14-11-21-17-8-4-3-7-15(14)17/h3-11,24H,1-2H3,(H,22,23)/b14-10-. The number of nitrogens with zero attached hydrogens (tertiary/aromatic N) is 2. The molecule has 1 aromatic heterocycles. The second kappa shape index (κ2) is 6.18. The number of rotatable bonds is 3. The molecule has 0 atom stereocenters. The fourth-order valence-corrected chi connectivity index (χ4v) is 3.59. The maximum absolute atomic E-state index is 10.2. The largest absolute Gasteiger partial charge is 0.492 e. The van der Waals surface area contributed by atoms with Gasteiger partial charge >= 0.3 is 0 Å². The van der Waals surface area contributed by atoms with E-state index in [1.54, 1.807) is 0 Å². The van der Waals surface area contributed by atoms with Crippen molar-refractivity contribution < 1.29 is 5.11 Å². The zero-order valence-electron chi connectivity index (χ0n) is 13.9. The van der Waals surface area contributed by atoms with Crippen molar-refractivity contribution in [1.29, 1.82) is 0 Å². The highest BCUT2D eigenvalue weighted by Gasteiger charge is 2.15. The molecule has 0 unspecified atom stereocenters. The molecule has 0 saturated heterocycles. The second-order valence-electron chi connectivity index (χ2n) is 5.95. The molecule has 2 N–H and O–H groups in total. The molecule has 0 saturated carbocycles. The number of hydrogen-bond acceptors (Lipinski definition) is 5. The van der Waals surface area contributed by atoms with Crippen LogP contribution < -0.4 is 5.32 Å². The molecule has 124 valence electrons. The third-order valence-corrected chi connectivity index (χ3v) is 5.23. The smallest absolute Gasteiger partial charge is 0.231 e. The van der Waals surface area contributed by atoms with Crippen LogP contribution in [0.2, 0.25) is 0 Å². The number of para-hydroxylation sites is 1. The molecule has 4 rings (SSSR count). The Hall–Kier alpha value is -2.92. The third kappa shape index (κ3) is 2.94. The Morgan fingerprint density at radius 3 is 2.80 bits per heavy atom. The van der Waals surface area contributed by atoms with Gasteiger partial charge in [0.2, 0.25) is 5.88 Å². The Morgan fingerprint density at radius 1 is 1.08 bits per heavy atom. The molecule has 2 heterocycles. The highest BCUT2D eigenvalue weighted by molar-refractivity contribution is 7.16. The van der Waals surface area contributed by atoms with E-state index in [9.17, 15) is 5.11 Å². The van der Waals surface area contributed by atoms with Crippen molar-refractivity contribution in [2.75, 3.05) is 5.32 Å². The van der Waals surface area contributed by atoms with E-state index in [-0.39, 0.29) is 5.88 Å². The fourth-order valence-electron chi connectivity index (χ4n) is 2.77. The number of aromatic hydroxyl groups is 1. The van der Waals surface area contributed by atoms with Gasteiger partial charge in [0.15, 0.2) is 5.13 Å². The summed E-state index contributed by atoms with van der Waals surface area (Å²) in [6.07, 6.45) is 3.75. The Kier molecular flexibility index (Phi) is 3.86. The quantitative estimate of drug-likeness (QED) is 0.661. The van der Waals surface area contributed by atoms with Crippen LogP contribution in [0.4, 0.5) is 16.5 Å². The van der Waals surface area contributed by atoms with Gasteiger partial charge in [0, 0.05) is 23.0 Å². The minimum absolute atomic E-state index is 0.0306. The van der Waals surface area contributed by atoms with Crippen LogP contribution in [0, 0.1) is 13.8 Å². The molecule has 0 fully saturated rings. The van der Waals surface area contributed by atoms with Gasteiger partial charge in [-0.3, -0.25) is 4.99 Å². The van der Waals surface area contributed by atoms with Crippen LogP contribution in [0.25, 0.3) is 11.6 Å². The number of aryl methyl sites for hydroxylation is 1. The number of aromatic nitrogens is 1. The van der Waals surface area contributed by atoms with E-state index in [0.717, 1.165) is 22.5 Å². The summed E-state index contributed by atoms with van der Waals surface area (Å²) in [6, 6.07) is 14.1. The summed E-state index contributed by atoms with van der Waals surface area (Å²) in [5, 5.41) is 14.2. The Labute approximate surface area is 150 Å². The van der Waals surface area contributed by atoms with Crippen LogP contribution in [0.5, 0.6) is 5.88 Å². The summed E-state index contributed by atoms with van der Waals surface area (Å²) < 4.78 is 0. The lowest BCUT2D eigenvalue weighted by atomic mass is 10.1. The van der Waals surface area contributed by atoms with E-state index in [1.165, 1.54) is 22.5 Å². The zero-order chi connectivity index (χ0) is 17.4. The molecule has 1 aliphatic heterocycles. The van der Waals surface area contributed by atoms with E-state index >= 15 is 0 Å². The second-order valence-corrected chi connectivity index (χ2v) is 6.99. The van der Waals surface area contributed by atoms with Gasteiger partial charge in [0.1, 0.15) is 0 Å². The molecule has 25 heavy (non-hydrogen) atoms. The first-order chi connectivity index (χ1) is 12.1. The first-order valence-electron chi connectivity index (χ1n) is 8.00. The van der Waals surface area contributed by atoms with E-state index in [1.807, 2.05) is 48.7 Å². The lowest BCUT2D eigenvalue weighted by Crippen LogP contribution is -1.93. The molecule has 1 aliphatic rings. The van der Waals surface area contributed by atoms with Crippen molar-refractivity contribution >= 4 is 45.7 Å². The number of thiazole rings is 1. The van der Waals surface area contributed by atoms with Gasteiger partial charge in [-0.2, -0.15) is 4.98 Å². The maximum Gasteiger partial charge on any atom is 0.231 e. The molecular formula is C20H17N3OS. The molecule has 3 aromatic rings. The predicted molar refractivity (Wildman–Crippen MR) is 105 cm³/mol. The monoisotopic (exact) mass is 347 g/mol. The van der Waals surface area contributed by atoms with Crippen LogP contribution in [0.3, 0.4) is 0 Å². The summed E-state index contributed by atoms with van der Waals surface area (Å²) in [5.41, 5.74) is 6.39. The summed E-state index contributed by atoms with van der Waals surface area (Å²) in [4.78, 5) is 9.36. The number of hydrogen-bond donors (Lipinski definition) is 2. The highest BCUT2D eigenvalue weighted by Crippen LogP contribution is 2.37. The summed E-state index contributed by atoms with van der Waals surface area (Å²) in [6.45, 7) is 4.15. The number of fused-ring (bicyclic) bond motifs is 1. The van der Waals surface area contributed by atoms with Gasteiger partial charge < -0.3 is 10.4 Å². The molecule has 0 aliphatic carbocycles. The van der Waals surface area contributed by atoms with Crippen LogP contribution in [0.1, 0.15) is 21.6 Å². The molecule has 0 bridgehead atoms. The number of allylic oxidation sites excluding steroid dienone is 1. The van der Waals surface area contributed by atoms with Gasteiger partial charge in [0.05, 0.1) is 10.6 Å². The van der Waals surface area contributed by atoms with Crippen LogP contribution in [-0.4, -0.2) is 16.3 Å². The van der Waals surface area contributed by atoms with E-state index in [4.69, 9.17) is 0 Å². The first kappa shape index (κ1) is 15.6. The first-order valence-corrected chi connectivity index (χ1v) is 8.81. The molecular weight excluding hydrogens is 330 g/mol. The minimum atomic E-state index is 0.0306. The van der Waals surface area contributed by atoms with Crippen LogP contribution in [0.15, 0.2) is 47.5 Å². The Balaban J connectivity index is 1.65. The van der Waals surface area contributed by atoms with Crippen molar-refractivity contribution in [2.24, 2.45) is 4.99 Å². The van der Waals surface area contributed by atoms with Crippen molar-refractivity contribution in [2.45, 2.75) is 13.8 Å². The average molecular weight is 347 g/mol. The molecule has 0 amide bonds. The van der Waals surface area contributed by atoms with Crippen LogP contribution in [-0.2, 0) is 0 Å².